The summed E-state index contributed by atoms with van der Waals surface area (Å²) in [6, 6.07) is 5.66. The van der Waals surface area contributed by atoms with Gasteiger partial charge in [0.15, 0.2) is 0 Å². The fraction of sp³-hybridized carbons (Fsp3) is 0.727. The summed E-state index contributed by atoms with van der Waals surface area (Å²) in [5, 5.41) is 13.5. The van der Waals surface area contributed by atoms with Gasteiger partial charge in [-0.2, -0.15) is 0 Å². The van der Waals surface area contributed by atoms with Gasteiger partial charge in [0.2, 0.25) is 5.91 Å². The molecule has 0 aromatic carbocycles. The second kappa shape index (κ2) is 7.30. The largest absolute Gasteiger partial charge is 0.396 e. The van der Waals surface area contributed by atoms with Gasteiger partial charge in [0.1, 0.15) is 0 Å². The second-order valence-corrected chi connectivity index (χ2v) is 9.27. The average Bonchev–Trinajstić information content (AvgIpc) is 3.23. The summed E-state index contributed by atoms with van der Waals surface area (Å²) in [7, 11) is 0. The lowest BCUT2D eigenvalue weighted by Gasteiger charge is -2.39. The van der Waals surface area contributed by atoms with Gasteiger partial charge in [-0.25, -0.2) is 0 Å². The van der Waals surface area contributed by atoms with E-state index in [1.165, 1.54) is 32.1 Å². The summed E-state index contributed by atoms with van der Waals surface area (Å²) in [6.45, 7) is 1.55. The van der Waals surface area contributed by atoms with E-state index in [1.54, 1.807) is 6.07 Å². The molecule has 4 aliphatic rings. The van der Waals surface area contributed by atoms with Crippen molar-refractivity contribution in [3.63, 3.8) is 0 Å². The first-order valence-corrected chi connectivity index (χ1v) is 11.0. The van der Waals surface area contributed by atoms with Gasteiger partial charge in [-0.3, -0.25) is 14.5 Å². The summed E-state index contributed by atoms with van der Waals surface area (Å²) in [5.74, 6) is 0.329. The number of aliphatic hydroxyl groups is 1. The van der Waals surface area contributed by atoms with Crippen molar-refractivity contribution in [3.8, 4) is 0 Å². The Morgan fingerprint density at radius 2 is 1.93 bits per heavy atom. The van der Waals surface area contributed by atoms with Crippen molar-refractivity contribution < 1.29 is 9.90 Å². The molecule has 1 aromatic rings. The minimum Gasteiger partial charge on any atom is -0.396 e. The number of hydrogen-bond acceptors (Lipinski definition) is 4. The van der Waals surface area contributed by atoms with Gasteiger partial charge in [0.25, 0.3) is 5.56 Å². The van der Waals surface area contributed by atoms with E-state index < -0.39 is 0 Å². The number of nitrogens with zero attached hydrogens (tertiary/aromatic N) is 2. The normalized spacial score (nSPS) is 32.9. The monoisotopic (exact) mass is 385 g/mol. The lowest BCUT2D eigenvalue weighted by molar-refractivity contribution is -0.128. The Labute approximate surface area is 165 Å². The average molecular weight is 386 g/mol. The molecule has 2 aliphatic carbocycles. The molecule has 2 aliphatic heterocycles. The van der Waals surface area contributed by atoms with Gasteiger partial charge in [0.05, 0.1) is 12.0 Å². The van der Waals surface area contributed by atoms with E-state index in [0.717, 1.165) is 25.1 Å². The smallest absolute Gasteiger partial charge is 0.250 e. The van der Waals surface area contributed by atoms with E-state index in [9.17, 15) is 14.7 Å². The van der Waals surface area contributed by atoms with Crippen molar-refractivity contribution in [3.05, 3.63) is 34.2 Å². The van der Waals surface area contributed by atoms with Crippen LogP contribution in [0.4, 0.5) is 0 Å². The molecule has 0 unspecified atom stereocenters. The maximum Gasteiger partial charge on any atom is 0.250 e. The predicted molar refractivity (Wildman–Crippen MR) is 106 cm³/mol. The lowest BCUT2D eigenvalue weighted by Crippen LogP contribution is -2.48. The Morgan fingerprint density at radius 1 is 1.14 bits per heavy atom. The minimum atomic E-state index is -0.285. The number of aromatic nitrogens is 1. The lowest BCUT2D eigenvalue weighted by atomic mass is 9.85. The zero-order valence-electron chi connectivity index (χ0n) is 16.4. The van der Waals surface area contributed by atoms with E-state index in [1.807, 2.05) is 16.7 Å². The van der Waals surface area contributed by atoms with Crippen LogP contribution in [0.25, 0.3) is 0 Å². The third-order valence-corrected chi connectivity index (χ3v) is 7.74. The molecule has 3 fully saturated rings. The molecule has 0 radical (unpaired) electrons. The molecule has 152 valence electrons. The molecule has 1 amide bonds. The number of carbonyl (C=O) groups is 1. The summed E-state index contributed by atoms with van der Waals surface area (Å²) in [4.78, 5) is 28.3. The molecule has 4 atom stereocenters. The molecule has 2 bridgehead atoms. The number of amides is 1. The van der Waals surface area contributed by atoms with Crippen molar-refractivity contribution in [1.29, 1.82) is 0 Å². The summed E-state index contributed by atoms with van der Waals surface area (Å²) >= 11 is 0. The summed E-state index contributed by atoms with van der Waals surface area (Å²) in [6.07, 6.45) is 8.37. The van der Waals surface area contributed by atoms with E-state index in [2.05, 4.69) is 10.2 Å². The van der Waals surface area contributed by atoms with Gasteiger partial charge in [-0.05, 0) is 44.1 Å². The van der Waals surface area contributed by atoms with Crippen molar-refractivity contribution in [1.82, 2.24) is 14.8 Å². The maximum absolute atomic E-state index is 13.3. The van der Waals surface area contributed by atoms with E-state index in [-0.39, 0.29) is 48.0 Å². The number of fused-ring (bicyclic) bond motifs is 4. The third-order valence-electron chi connectivity index (χ3n) is 7.74. The number of carbonyl (C=O) groups excluding carboxylic acids is 1. The van der Waals surface area contributed by atoms with Crippen molar-refractivity contribution in [2.45, 2.75) is 69.6 Å². The molecule has 6 nitrogen and oxygen atoms in total. The highest BCUT2D eigenvalue weighted by Crippen LogP contribution is 2.49. The molecule has 5 rings (SSSR count). The first-order valence-electron chi connectivity index (χ1n) is 11.0. The molecular weight excluding hydrogens is 354 g/mol. The van der Waals surface area contributed by atoms with Gasteiger partial charge in [-0.1, -0.05) is 18.9 Å². The minimum absolute atomic E-state index is 0.00440. The van der Waals surface area contributed by atoms with Crippen molar-refractivity contribution >= 4 is 5.91 Å². The standard InChI is InChI=1S/C22H31N3O3/c26-13-16-18-12-24-17(9-4-10-19(24)27)21(25(18)11-14-5-1-2-6-14)20(16)22(28)23-15-7-3-8-15/h4,9-10,14-16,18,20-21,26H,1-3,5-8,11-13H2,(H,23,28)/t16-,18-,20+,21+/m1/s1. The number of aliphatic hydroxyl groups excluding tert-OH is 1. The van der Waals surface area contributed by atoms with Crippen molar-refractivity contribution in [2.75, 3.05) is 13.2 Å². The third kappa shape index (κ3) is 2.92. The van der Waals surface area contributed by atoms with Crippen LogP contribution in [0.1, 0.15) is 56.7 Å². The Bertz CT molecular complexity index is 796. The first kappa shape index (κ1) is 18.4. The second-order valence-electron chi connectivity index (χ2n) is 9.27. The van der Waals surface area contributed by atoms with Crippen LogP contribution >= 0.6 is 0 Å². The highest BCUT2D eigenvalue weighted by molar-refractivity contribution is 5.81. The fourth-order valence-corrected chi connectivity index (χ4v) is 6.07. The molecule has 1 aromatic heterocycles. The first-order chi connectivity index (χ1) is 13.7. The quantitative estimate of drug-likeness (QED) is 0.809. The van der Waals surface area contributed by atoms with Gasteiger partial charge in [0, 0.05) is 49.5 Å². The predicted octanol–water partition coefficient (Wildman–Crippen LogP) is 1.67. The van der Waals surface area contributed by atoms with Crippen LogP contribution in [-0.2, 0) is 11.3 Å². The Balaban J connectivity index is 1.52. The van der Waals surface area contributed by atoms with Crippen LogP contribution in [0.5, 0.6) is 0 Å². The number of rotatable bonds is 5. The van der Waals surface area contributed by atoms with Crippen LogP contribution in [0.15, 0.2) is 23.0 Å². The maximum atomic E-state index is 13.3. The molecule has 28 heavy (non-hydrogen) atoms. The summed E-state index contributed by atoms with van der Waals surface area (Å²) < 4.78 is 1.85. The highest BCUT2D eigenvalue weighted by atomic mass is 16.3. The zero-order chi connectivity index (χ0) is 19.3. The molecule has 6 heteroatoms. The molecular formula is C22H31N3O3. The number of nitrogens with one attached hydrogen (secondary N) is 1. The molecule has 0 spiro atoms. The Kier molecular flexibility index (Phi) is 4.79. The van der Waals surface area contributed by atoms with Crippen LogP contribution in [0.3, 0.4) is 0 Å². The SMILES string of the molecule is O=C(NC1CCC1)[C@H]1[C@H](CO)[C@H]2Cn3c(cccc3=O)[C@@H]1N2CC1CCCC1. The molecule has 3 heterocycles. The number of hydrogen-bond donors (Lipinski definition) is 2. The van der Waals surface area contributed by atoms with E-state index >= 15 is 0 Å². The molecule has 1 saturated heterocycles. The zero-order valence-corrected chi connectivity index (χ0v) is 16.4. The van der Waals surface area contributed by atoms with Gasteiger partial charge < -0.3 is 15.0 Å². The fourth-order valence-electron chi connectivity index (χ4n) is 6.07. The van der Waals surface area contributed by atoms with Crippen LogP contribution in [0.2, 0.25) is 0 Å². The summed E-state index contributed by atoms with van der Waals surface area (Å²) in [5.41, 5.74) is 0.955. The van der Waals surface area contributed by atoms with Gasteiger partial charge >= 0.3 is 0 Å². The number of pyridine rings is 1. The van der Waals surface area contributed by atoms with Crippen LogP contribution in [-0.4, -0.2) is 45.7 Å². The topological polar surface area (TPSA) is 74.6 Å². The highest BCUT2D eigenvalue weighted by Gasteiger charge is 2.56. The van der Waals surface area contributed by atoms with Crippen LogP contribution < -0.4 is 10.9 Å². The van der Waals surface area contributed by atoms with Gasteiger partial charge in [-0.15, -0.1) is 0 Å². The van der Waals surface area contributed by atoms with Crippen molar-refractivity contribution in [2.24, 2.45) is 17.8 Å². The molecule has 2 saturated carbocycles. The Hall–Kier alpha value is -1.66. The Morgan fingerprint density at radius 3 is 2.61 bits per heavy atom. The van der Waals surface area contributed by atoms with E-state index in [4.69, 9.17) is 0 Å². The van der Waals surface area contributed by atoms with Crippen LogP contribution in [0, 0.1) is 17.8 Å². The molecule has 2 N–H and O–H groups in total. The van der Waals surface area contributed by atoms with E-state index in [0.29, 0.717) is 12.5 Å².